The molecule has 1 atom stereocenters. The summed E-state index contributed by atoms with van der Waals surface area (Å²) in [6.07, 6.45) is 0. The molecule has 0 radical (unpaired) electrons. The zero-order valence-corrected chi connectivity index (χ0v) is 10.6. The third-order valence-corrected chi connectivity index (χ3v) is 3.85. The van der Waals surface area contributed by atoms with E-state index in [1.807, 2.05) is 19.1 Å². The average Bonchev–Trinajstić information content (AvgIpc) is 2.69. The zero-order valence-electron chi connectivity index (χ0n) is 9.01. The van der Waals surface area contributed by atoms with Gasteiger partial charge in [0.2, 0.25) is 0 Å². The Morgan fingerprint density at radius 3 is 2.47 bits per heavy atom. The quantitative estimate of drug-likeness (QED) is 0.821. The molecule has 1 aromatic heterocycles. The van der Waals surface area contributed by atoms with Crippen LogP contribution in [0.5, 0.6) is 0 Å². The van der Waals surface area contributed by atoms with Gasteiger partial charge in [0.05, 0.1) is 6.04 Å². The maximum atomic E-state index is 13.2. The summed E-state index contributed by atoms with van der Waals surface area (Å²) in [5.74, 6) is -1.90. The fraction of sp³-hybridized carbons (Fsp3) is 0.167. The first-order valence-electron chi connectivity index (χ1n) is 4.95. The van der Waals surface area contributed by atoms with Crippen molar-refractivity contribution >= 4 is 22.9 Å². The summed E-state index contributed by atoms with van der Waals surface area (Å²) < 4.78 is 26.1. The van der Waals surface area contributed by atoms with Crippen LogP contribution in [0.2, 0.25) is 5.02 Å². The molecule has 0 aliphatic rings. The van der Waals surface area contributed by atoms with E-state index < -0.39 is 17.7 Å². The molecule has 0 aliphatic carbocycles. The van der Waals surface area contributed by atoms with E-state index in [0.29, 0.717) is 5.56 Å². The molecule has 0 aliphatic heterocycles. The van der Waals surface area contributed by atoms with E-state index in [4.69, 9.17) is 17.3 Å². The van der Waals surface area contributed by atoms with Gasteiger partial charge in [-0.05, 0) is 36.8 Å². The van der Waals surface area contributed by atoms with Crippen LogP contribution >= 0.6 is 22.9 Å². The van der Waals surface area contributed by atoms with Crippen molar-refractivity contribution in [3.8, 4) is 0 Å². The number of rotatable bonds is 2. The van der Waals surface area contributed by atoms with Gasteiger partial charge in [-0.2, -0.15) is 0 Å². The van der Waals surface area contributed by atoms with Crippen LogP contribution in [0.3, 0.4) is 0 Å². The molecule has 0 saturated carbocycles. The molecule has 1 nitrogen and oxygen atoms in total. The van der Waals surface area contributed by atoms with Crippen LogP contribution in [-0.4, -0.2) is 0 Å². The van der Waals surface area contributed by atoms with Gasteiger partial charge in [-0.1, -0.05) is 11.6 Å². The summed E-state index contributed by atoms with van der Waals surface area (Å²) in [6, 6.07) is 5.26. The van der Waals surface area contributed by atoms with Crippen molar-refractivity contribution in [2.45, 2.75) is 13.0 Å². The second kappa shape index (κ2) is 4.72. The van der Waals surface area contributed by atoms with E-state index >= 15 is 0 Å². The third-order valence-electron chi connectivity index (χ3n) is 2.44. The second-order valence-electron chi connectivity index (χ2n) is 3.71. The first-order valence-corrected chi connectivity index (χ1v) is 6.15. The first kappa shape index (κ1) is 12.5. The number of hydrogen-bond donors (Lipinski definition) is 1. The molecule has 2 aromatic rings. The number of halogens is 3. The molecule has 0 saturated heterocycles. The van der Waals surface area contributed by atoms with Gasteiger partial charge in [-0.15, -0.1) is 11.3 Å². The highest BCUT2D eigenvalue weighted by molar-refractivity contribution is 7.12. The number of nitrogens with two attached hydrogens (primary N) is 1. The van der Waals surface area contributed by atoms with Crippen molar-refractivity contribution in [1.29, 1.82) is 0 Å². The summed E-state index contributed by atoms with van der Waals surface area (Å²) in [5.41, 5.74) is 6.38. The lowest BCUT2D eigenvalue weighted by Gasteiger charge is -2.12. The summed E-state index contributed by atoms with van der Waals surface area (Å²) >= 11 is 7.38. The van der Waals surface area contributed by atoms with Crippen molar-refractivity contribution in [2.75, 3.05) is 0 Å². The van der Waals surface area contributed by atoms with Crippen molar-refractivity contribution in [1.82, 2.24) is 0 Å². The zero-order chi connectivity index (χ0) is 12.6. The fourth-order valence-corrected chi connectivity index (χ4v) is 2.72. The molecule has 0 amide bonds. The molecule has 2 rings (SSSR count). The highest BCUT2D eigenvalue weighted by Gasteiger charge is 2.17. The summed E-state index contributed by atoms with van der Waals surface area (Å²) in [7, 11) is 0. The number of thiophene rings is 1. The highest BCUT2D eigenvalue weighted by atomic mass is 35.5. The normalized spacial score (nSPS) is 12.8. The first-order chi connectivity index (χ1) is 7.99. The van der Waals surface area contributed by atoms with E-state index in [-0.39, 0.29) is 5.02 Å². The van der Waals surface area contributed by atoms with Gasteiger partial charge in [0, 0.05) is 14.8 Å². The summed E-state index contributed by atoms with van der Waals surface area (Å²) in [4.78, 5) is 1.98. The molecule has 1 heterocycles. The minimum absolute atomic E-state index is 0.141. The van der Waals surface area contributed by atoms with Crippen LogP contribution in [0.4, 0.5) is 8.78 Å². The lowest BCUT2D eigenvalue weighted by atomic mass is 10.1. The van der Waals surface area contributed by atoms with Crippen molar-refractivity contribution < 1.29 is 8.78 Å². The Labute approximate surface area is 107 Å². The lowest BCUT2D eigenvalue weighted by molar-refractivity contribution is 0.506. The monoisotopic (exact) mass is 273 g/mol. The van der Waals surface area contributed by atoms with Gasteiger partial charge >= 0.3 is 0 Å². The fourth-order valence-electron chi connectivity index (χ4n) is 1.55. The van der Waals surface area contributed by atoms with Gasteiger partial charge in [0.25, 0.3) is 0 Å². The summed E-state index contributed by atoms with van der Waals surface area (Å²) in [5, 5.41) is 0.141. The smallest absolute Gasteiger partial charge is 0.160 e. The predicted octanol–water partition coefficient (Wildman–Crippen LogP) is 4.04. The van der Waals surface area contributed by atoms with Crippen LogP contribution in [-0.2, 0) is 0 Å². The number of aryl methyl sites for hydroxylation is 1. The number of hydrogen-bond acceptors (Lipinski definition) is 2. The molecule has 1 aromatic carbocycles. The Morgan fingerprint density at radius 2 is 1.88 bits per heavy atom. The molecular formula is C12H10ClF2NS. The Morgan fingerprint density at radius 1 is 1.24 bits per heavy atom. The standard InChI is InChI=1S/C12H10ClF2NS/c1-6-2-3-11(17-6)12(16)7-4-9(14)10(15)5-8(7)13/h2-5,12H,16H2,1H3. The van der Waals surface area contributed by atoms with E-state index in [0.717, 1.165) is 21.9 Å². The third kappa shape index (κ3) is 2.49. The van der Waals surface area contributed by atoms with Gasteiger partial charge in [-0.25, -0.2) is 8.78 Å². The SMILES string of the molecule is Cc1ccc(C(N)c2cc(F)c(F)cc2Cl)s1. The maximum absolute atomic E-state index is 13.2. The second-order valence-corrected chi connectivity index (χ2v) is 5.44. The minimum Gasteiger partial charge on any atom is -0.320 e. The molecule has 1 unspecified atom stereocenters. The van der Waals surface area contributed by atoms with Gasteiger partial charge in [0.15, 0.2) is 11.6 Å². The molecule has 5 heteroatoms. The predicted molar refractivity (Wildman–Crippen MR) is 66.5 cm³/mol. The lowest BCUT2D eigenvalue weighted by Crippen LogP contribution is -2.11. The van der Waals surface area contributed by atoms with Crippen LogP contribution in [0.25, 0.3) is 0 Å². The Hall–Kier alpha value is -0.970. The molecule has 0 spiro atoms. The molecule has 0 fully saturated rings. The molecule has 2 N–H and O–H groups in total. The molecule has 0 bridgehead atoms. The molecular weight excluding hydrogens is 264 g/mol. The van der Waals surface area contributed by atoms with Gasteiger partial charge in [0.1, 0.15) is 0 Å². The Bertz CT molecular complexity index is 553. The van der Waals surface area contributed by atoms with Crippen LogP contribution in [0.1, 0.15) is 21.4 Å². The highest BCUT2D eigenvalue weighted by Crippen LogP contribution is 2.31. The van der Waals surface area contributed by atoms with Crippen LogP contribution in [0.15, 0.2) is 24.3 Å². The van der Waals surface area contributed by atoms with Crippen molar-refractivity contribution in [2.24, 2.45) is 5.73 Å². The largest absolute Gasteiger partial charge is 0.320 e. The Balaban J connectivity index is 2.43. The topological polar surface area (TPSA) is 26.0 Å². The van der Waals surface area contributed by atoms with Crippen molar-refractivity contribution in [3.63, 3.8) is 0 Å². The van der Waals surface area contributed by atoms with E-state index in [1.165, 1.54) is 11.3 Å². The maximum Gasteiger partial charge on any atom is 0.160 e. The van der Waals surface area contributed by atoms with Gasteiger partial charge < -0.3 is 5.73 Å². The van der Waals surface area contributed by atoms with Crippen LogP contribution in [0, 0.1) is 18.6 Å². The van der Waals surface area contributed by atoms with E-state index in [9.17, 15) is 8.78 Å². The minimum atomic E-state index is -0.965. The average molecular weight is 274 g/mol. The van der Waals surface area contributed by atoms with Crippen molar-refractivity contribution in [3.05, 3.63) is 56.2 Å². The summed E-state index contributed by atoms with van der Waals surface area (Å²) in [6.45, 7) is 1.95. The van der Waals surface area contributed by atoms with E-state index in [2.05, 4.69) is 0 Å². The molecule has 90 valence electrons. The van der Waals surface area contributed by atoms with Crippen LogP contribution < -0.4 is 5.73 Å². The van der Waals surface area contributed by atoms with Gasteiger partial charge in [-0.3, -0.25) is 0 Å². The number of benzene rings is 1. The Kier molecular flexibility index (Phi) is 3.47. The van der Waals surface area contributed by atoms with E-state index in [1.54, 1.807) is 0 Å². The molecule has 17 heavy (non-hydrogen) atoms.